The molecule has 7 heteroatoms. The first kappa shape index (κ1) is 18.6. The van der Waals surface area contributed by atoms with Gasteiger partial charge in [-0.25, -0.2) is 9.78 Å². The van der Waals surface area contributed by atoms with Crippen LogP contribution in [0.15, 0.2) is 16.9 Å². The SMILES string of the molecule is C/C=C/CC(NC(=O)c1c(C)nc(C(C)(C)C)[nH]c1=O)C(=O)O. The first-order valence-electron chi connectivity index (χ1n) is 7.34. The minimum Gasteiger partial charge on any atom is -0.480 e. The lowest BCUT2D eigenvalue weighted by Crippen LogP contribution is -2.43. The molecule has 0 saturated carbocycles. The van der Waals surface area contributed by atoms with Crippen LogP contribution < -0.4 is 10.9 Å². The van der Waals surface area contributed by atoms with Gasteiger partial charge in [-0.2, -0.15) is 0 Å². The van der Waals surface area contributed by atoms with Gasteiger partial charge in [-0.15, -0.1) is 0 Å². The van der Waals surface area contributed by atoms with Crippen molar-refractivity contribution >= 4 is 11.9 Å². The van der Waals surface area contributed by atoms with E-state index in [0.717, 1.165) is 0 Å². The van der Waals surface area contributed by atoms with Gasteiger partial charge in [0.25, 0.3) is 11.5 Å². The van der Waals surface area contributed by atoms with Gasteiger partial charge in [0, 0.05) is 5.41 Å². The summed E-state index contributed by atoms with van der Waals surface area (Å²) in [4.78, 5) is 42.5. The Labute approximate surface area is 134 Å². The summed E-state index contributed by atoms with van der Waals surface area (Å²) >= 11 is 0. The van der Waals surface area contributed by atoms with E-state index in [9.17, 15) is 14.4 Å². The van der Waals surface area contributed by atoms with E-state index in [4.69, 9.17) is 5.11 Å². The van der Waals surface area contributed by atoms with Crippen molar-refractivity contribution in [3.63, 3.8) is 0 Å². The molecule has 1 amide bonds. The maximum atomic E-state index is 12.3. The van der Waals surface area contributed by atoms with Gasteiger partial charge in [0.1, 0.15) is 17.4 Å². The van der Waals surface area contributed by atoms with Gasteiger partial charge < -0.3 is 15.4 Å². The molecule has 1 aromatic rings. The highest BCUT2D eigenvalue weighted by molar-refractivity contribution is 5.97. The molecule has 0 aromatic carbocycles. The maximum absolute atomic E-state index is 12.3. The van der Waals surface area contributed by atoms with E-state index in [1.54, 1.807) is 26.0 Å². The number of carbonyl (C=O) groups excluding carboxylic acids is 1. The van der Waals surface area contributed by atoms with Crippen molar-refractivity contribution in [1.29, 1.82) is 0 Å². The number of aryl methyl sites for hydroxylation is 1. The van der Waals surface area contributed by atoms with Gasteiger partial charge in [-0.05, 0) is 20.3 Å². The van der Waals surface area contributed by atoms with Crippen LogP contribution in [0, 0.1) is 6.92 Å². The Kier molecular flexibility index (Phi) is 5.84. The number of carboxylic acid groups (broad SMARTS) is 1. The Hall–Kier alpha value is -2.44. The minimum absolute atomic E-state index is 0.141. The smallest absolute Gasteiger partial charge is 0.326 e. The maximum Gasteiger partial charge on any atom is 0.326 e. The number of rotatable bonds is 5. The molecule has 1 rings (SSSR count). The molecule has 0 fully saturated rings. The van der Waals surface area contributed by atoms with E-state index in [2.05, 4.69) is 15.3 Å². The summed E-state index contributed by atoms with van der Waals surface area (Å²) in [6.07, 6.45) is 3.47. The van der Waals surface area contributed by atoms with Gasteiger partial charge in [0.2, 0.25) is 0 Å². The first-order chi connectivity index (χ1) is 10.6. The molecular formula is C16H23N3O4. The number of nitrogens with one attached hydrogen (secondary N) is 2. The summed E-state index contributed by atoms with van der Waals surface area (Å²) in [5.74, 6) is -1.43. The van der Waals surface area contributed by atoms with Crippen LogP contribution in [0.2, 0.25) is 0 Å². The zero-order valence-corrected chi connectivity index (χ0v) is 14.1. The lowest BCUT2D eigenvalue weighted by molar-refractivity contribution is -0.139. The number of carbonyl (C=O) groups is 2. The molecule has 0 aliphatic rings. The van der Waals surface area contributed by atoms with E-state index in [-0.39, 0.29) is 23.1 Å². The highest BCUT2D eigenvalue weighted by Gasteiger charge is 2.25. The van der Waals surface area contributed by atoms with E-state index in [1.807, 2.05) is 20.8 Å². The second kappa shape index (κ2) is 7.21. The topological polar surface area (TPSA) is 112 Å². The van der Waals surface area contributed by atoms with E-state index < -0.39 is 23.5 Å². The summed E-state index contributed by atoms with van der Waals surface area (Å²) in [5.41, 5.74) is -0.833. The van der Waals surface area contributed by atoms with Crippen molar-refractivity contribution in [2.45, 2.75) is 52.5 Å². The largest absolute Gasteiger partial charge is 0.480 e. The first-order valence-corrected chi connectivity index (χ1v) is 7.34. The normalized spacial score (nSPS) is 13.1. The second-order valence-corrected chi connectivity index (χ2v) is 6.29. The standard InChI is InChI=1S/C16H23N3O4/c1-6-7-8-10(14(22)23)18-12(20)11-9(2)17-15(16(3,4)5)19-13(11)21/h6-7,10H,8H2,1-5H3,(H,18,20)(H,22,23)(H,17,19,21)/b7-6+. The van der Waals surface area contributed by atoms with Crippen LogP contribution in [0.1, 0.15) is 56.0 Å². The molecule has 0 saturated heterocycles. The van der Waals surface area contributed by atoms with Crippen molar-refractivity contribution in [3.8, 4) is 0 Å². The fraction of sp³-hybridized carbons (Fsp3) is 0.500. The third kappa shape index (κ3) is 4.77. The van der Waals surface area contributed by atoms with E-state index >= 15 is 0 Å². The lowest BCUT2D eigenvalue weighted by atomic mass is 9.95. The molecule has 0 spiro atoms. The summed E-state index contributed by atoms with van der Waals surface area (Å²) in [5, 5.41) is 11.5. The summed E-state index contributed by atoms with van der Waals surface area (Å²) in [6, 6.07) is -1.10. The molecule has 7 nitrogen and oxygen atoms in total. The monoisotopic (exact) mass is 321 g/mol. The zero-order valence-electron chi connectivity index (χ0n) is 14.1. The number of aliphatic carboxylic acids is 1. The van der Waals surface area contributed by atoms with E-state index in [0.29, 0.717) is 5.82 Å². The zero-order chi connectivity index (χ0) is 17.8. The Morgan fingerprint density at radius 2 is 2.00 bits per heavy atom. The number of carboxylic acids is 1. The molecular weight excluding hydrogens is 298 g/mol. The molecule has 3 N–H and O–H groups in total. The van der Waals surface area contributed by atoms with Gasteiger partial charge in [0.05, 0.1) is 5.69 Å². The van der Waals surface area contributed by atoms with Crippen LogP contribution in [0.3, 0.4) is 0 Å². The number of hydrogen-bond acceptors (Lipinski definition) is 4. The molecule has 0 radical (unpaired) electrons. The molecule has 1 unspecified atom stereocenters. The van der Waals surface area contributed by atoms with Gasteiger partial charge in [0.15, 0.2) is 0 Å². The van der Waals surface area contributed by atoms with Crippen molar-refractivity contribution < 1.29 is 14.7 Å². The molecule has 0 aliphatic heterocycles. The average Bonchev–Trinajstić information content (AvgIpc) is 2.41. The Balaban J connectivity index is 3.13. The third-order valence-electron chi connectivity index (χ3n) is 3.25. The Morgan fingerprint density at radius 1 is 1.39 bits per heavy atom. The number of hydrogen-bond donors (Lipinski definition) is 3. The van der Waals surface area contributed by atoms with Crippen LogP contribution in [0.4, 0.5) is 0 Å². The fourth-order valence-corrected chi connectivity index (χ4v) is 1.93. The van der Waals surface area contributed by atoms with Crippen LogP contribution >= 0.6 is 0 Å². The van der Waals surface area contributed by atoms with Crippen molar-refractivity contribution in [1.82, 2.24) is 15.3 Å². The van der Waals surface area contributed by atoms with Crippen molar-refractivity contribution in [2.75, 3.05) is 0 Å². The molecule has 1 atom stereocenters. The number of amides is 1. The second-order valence-electron chi connectivity index (χ2n) is 6.29. The average molecular weight is 321 g/mol. The third-order valence-corrected chi connectivity index (χ3v) is 3.25. The van der Waals surface area contributed by atoms with Gasteiger partial charge in [-0.3, -0.25) is 9.59 Å². The van der Waals surface area contributed by atoms with E-state index in [1.165, 1.54) is 0 Å². The number of H-pyrrole nitrogens is 1. The number of nitrogens with zero attached hydrogens (tertiary/aromatic N) is 1. The molecule has 126 valence electrons. The lowest BCUT2D eigenvalue weighted by Gasteiger charge is -2.19. The van der Waals surface area contributed by atoms with Crippen LogP contribution in [-0.4, -0.2) is 33.0 Å². The quantitative estimate of drug-likeness (QED) is 0.712. The Bertz CT molecular complexity index is 684. The van der Waals surface area contributed by atoms with Gasteiger partial charge >= 0.3 is 5.97 Å². The number of allylic oxidation sites excluding steroid dienone is 1. The number of aromatic nitrogens is 2. The Morgan fingerprint density at radius 3 is 2.43 bits per heavy atom. The van der Waals surface area contributed by atoms with Crippen LogP contribution in [0.5, 0.6) is 0 Å². The minimum atomic E-state index is -1.16. The summed E-state index contributed by atoms with van der Waals surface area (Å²) in [6.45, 7) is 8.98. The fourth-order valence-electron chi connectivity index (χ4n) is 1.93. The summed E-state index contributed by atoms with van der Waals surface area (Å²) < 4.78 is 0. The summed E-state index contributed by atoms with van der Waals surface area (Å²) in [7, 11) is 0. The highest BCUT2D eigenvalue weighted by Crippen LogP contribution is 2.17. The number of aromatic amines is 1. The molecule has 1 aromatic heterocycles. The molecule has 0 aliphatic carbocycles. The van der Waals surface area contributed by atoms with Crippen LogP contribution in [-0.2, 0) is 10.2 Å². The highest BCUT2D eigenvalue weighted by atomic mass is 16.4. The van der Waals surface area contributed by atoms with Crippen molar-refractivity contribution in [2.24, 2.45) is 0 Å². The molecule has 1 heterocycles. The molecule has 23 heavy (non-hydrogen) atoms. The predicted molar refractivity (Wildman–Crippen MR) is 86.6 cm³/mol. The predicted octanol–water partition coefficient (Wildman–Crippen LogP) is 1.53. The van der Waals surface area contributed by atoms with Crippen LogP contribution in [0.25, 0.3) is 0 Å². The molecule has 0 bridgehead atoms. The van der Waals surface area contributed by atoms with Gasteiger partial charge in [-0.1, -0.05) is 32.9 Å². The van der Waals surface area contributed by atoms with Crippen molar-refractivity contribution in [3.05, 3.63) is 39.6 Å².